The molecule has 0 aliphatic heterocycles. The lowest BCUT2D eigenvalue weighted by atomic mass is 10.0. The molecule has 0 saturated carbocycles. The second-order valence-corrected chi connectivity index (χ2v) is 12.2. The highest BCUT2D eigenvalue weighted by molar-refractivity contribution is 8.76. The molecule has 0 aliphatic carbocycles. The van der Waals surface area contributed by atoms with Gasteiger partial charge in [0, 0.05) is 24.0 Å². The molecule has 0 saturated heterocycles. The van der Waals surface area contributed by atoms with Crippen molar-refractivity contribution in [2.75, 3.05) is 11.5 Å². The van der Waals surface area contributed by atoms with E-state index in [1.54, 1.807) is 0 Å². The minimum atomic E-state index is 0.202. The Morgan fingerprint density at radius 1 is 0.676 bits per heavy atom. The summed E-state index contributed by atoms with van der Waals surface area (Å²) in [7, 11) is 3.85. The molecule has 0 bridgehead atoms. The fourth-order valence-electron chi connectivity index (χ4n) is 3.52. The monoisotopic (exact) mass is 545 g/mol. The predicted octanol–water partition coefficient (Wildman–Crippen LogP) is 10.6. The third-order valence-electron chi connectivity index (χ3n) is 5.41. The normalized spacial score (nSPS) is 13.6. The SMILES string of the molecule is CC/C=C/C/C=C/C/C=C/CCCSSCC(CC(C)C)NC(=O)CCC/C=C/C/C=C/C/C=C/CC. The minimum absolute atomic E-state index is 0.202. The molecule has 0 aromatic rings. The molecule has 0 spiro atoms. The summed E-state index contributed by atoms with van der Waals surface area (Å²) < 4.78 is 0. The van der Waals surface area contributed by atoms with Crippen molar-refractivity contribution in [2.45, 2.75) is 111 Å². The lowest BCUT2D eigenvalue weighted by Gasteiger charge is -2.20. The Morgan fingerprint density at radius 2 is 1.16 bits per heavy atom. The molecule has 2 nitrogen and oxygen atoms in total. The zero-order valence-electron chi connectivity index (χ0n) is 24.2. The minimum Gasteiger partial charge on any atom is -0.353 e. The van der Waals surface area contributed by atoms with Crippen molar-refractivity contribution < 1.29 is 4.79 Å². The van der Waals surface area contributed by atoms with Gasteiger partial charge in [0.05, 0.1) is 0 Å². The van der Waals surface area contributed by atoms with Crippen LogP contribution in [-0.4, -0.2) is 23.5 Å². The van der Waals surface area contributed by atoms with Crippen LogP contribution >= 0.6 is 21.6 Å². The Bertz CT molecular complexity index is 688. The zero-order valence-corrected chi connectivity index (χ0v) is 25.8. The molecule has 0 aliphatic rings. The third-order valence-corrected chi connectivity index (χ3v) is 7.98. The predicted molar refractivity (Wildman–Crippen MR) is 173 cm³/mol. The highest BCUT2D eigenvalue weighted by Gasteiger charge is 2.14. The number of allylic oxidation sites excluding steroid dienone is 12. The molecule has 210 valence electrons. The number of amides is 1. The highest BCUT2D eigenvalue weighted by atomic mass is 33.1. The van der Waals surface area contributed by atoms with E-state index in [1.807, 2.05) is 21.6 Å². The zero-order chi connectivity index (χ0) is 27.2. The molecule has 1 amide bonds. The maximum Gasteiger partial charge on any atom is 0.220 e. The fourth-order valence-corrected chi connectivity index (χ4v) is 5.89. The van der Waals surface area contributed by atoms with E-state index in [0.717, 1.165) is 75.7 Å². The number of hydrogen-bond acceptors (Lipinski definition) is 3. The first kappa shape index (κ1) is 35.6. The van der Waals surface area contributed by atoms with Crippen LogP contribution in [0.3, 0.4) is 0 Å². The van der Waals surface area contributed by atoms with Crippen LogP contribution in [0.5, 0.6) is 0 Å². The summed E-state index contributed by atoms with van der Waals surface area (Å²) in [4.78, 5) is 12.5. The van der Waals surface area contributed by atoms with Crippen molar-refractivity contribution >= 4 is 27.5 Å². The average Bonchev–Trinajstić information content (AvgIpc) is 2.87. The van der Waals surface area contributed by atoms with Gasteiger partial charge in [0.25, 0.3) is 0 Å². The number of unbranched alkanes of at least 4 members (excludes halogenated alkanes) is 2. The second-order valence-electron chi connectivity index (χ2n) is 9.62. The molecule has 0 heterocycles. The van der Waals surface area contributed by atoms with Crippen LogP contribution in [0.1, 0.15) is 105 Å². The highest BCUT2D eigenvalue weighted by Crippen LogP contribution is 2.25. The van der Waals surface area contributed by atoms with Gasteiger partial charge >= 0.3 is 0 Å². The van der Waals surface area contributed by atoms with Crippen molar-refractivity contribution in [3.8, 4) is 0 Å². The lowest BCUT2D eigenvalue weighted by Crippen LogP contribution is -2.37. The van der Waals surface area contributed by atoms with Crippen LogP contribution in [0.2, 0.25) is 0 Å². The Morgan fingerprint density at radius 3 is 1.68 bits per heavy atom. The van der Waals surface area contributed by atoms with Crippen LogP contribution in [0.15, 0.2) is 72.9 Å². The topological polar surface area (TPSA) is 29.1 Å². The lowest BCUT2D eigenvalue weighted by molar-refractivity contribution is -0.121. The van der Waals surface area contributed by atoms with Crippen LogP contribution in [0, 0.1) is 5.92 Å². The standard InChI is InChI=1S/C33H55NOS2/c1-5-7-9-11-13-15-17-19-21-23-25-27-33(35)34-32(29-31(3)4)30-37-36-28-26-24-22-20-18-16-14-12-10-8-6-2/h7-10,13-16,19-22,31-32H,5-6,11-12,17-18,23-30H2,1-4H3,(H,34,35)/b9-7+,10-8+,15-13+,16-14+,21-19+,22-20+. The molecule has 0 rings (SSSR count). The summed E-state index contributed by atoms with van der Waals surface area (Å²) in [6.45, 7) is 8.79. The second kappa shape index (κ2) is 29.2. The Labute approximate surface area is 238 Å². The first-order valence-corrected chi connectivity index (χ1v) is 17.0. The summed E-state index contributed by atoms with van der Waals surface area (Å²) in [5.74, 6) is 2.94. The van der Waals surface area contributed by atoms with Crippen LogP contribution in [0.4, 0.5) is 0 Å². The summed E-state index contributed by atoms with van der Waals surface area (Å²) >= 11 is 0. The molecule has 1 atom stereocenters. The molecule has 0 aromatic carbocycles. The first-order valence-electron chi connectivity index (χ1n) is 14.5. The molecule has 1 N–H and O–H groups in total. The van der Waals surface area contributed by atoms with E-state index in [-0.39, 0.29) is 11.9 Å². The summed E-state index contributed by atoms with van der Waals surface area (Å²) in [6, 6.07) is 0.270. The molecular formula is C33H55NOS2. The van der Waals surface area contributed by atoms with Gasteiger partial charge in [-0.15, -0.1) is 0 Å². The Balaban J connectivity index is 3.92. The van der Waals surface area contributed by atoms with Gasteiger partial charge in [0.2, 0.25) is 5.91 Å². The van der Waals surface area contributed by atoms with Crippen LogP contribution in [-0.2, 0) is 4.79 Å². The van der Waals surface area contributed by atoms with Gasteiger partial charge in [0.15, 0.2) is 0 Å². The molecule has 0 aromatic heterocycles. The maximum atomic E-state index is 12.5. The van der Waals surface area contributed by atoms with E-state index >= 15 is 0 Å². The number of nitrogens with one attached hydrogen (secondary N) is 1. The Hall–Kier alpha value is -1.39. The van der Waals surface area contributed by atoms with Crippen molar-refractivity contribution in [1.82, 2.24) is 5.32 Å². The van der Waals surface area contributed by atoms with E-state index in [4.69, 9.17) is 0 Å². The van der Waals surface area contributed by atoms with Crippen molar-refractivity contribution in [1.29, 1.82) is 0 Å². The van der Waals surface area contributed by atoms with E-state index in [9.17, 15) is 4.79 Å². The maximum absolute atomic E-state index is 12.5. The molecule has 1 unspecified atom stereocenters. The summed E-state index contributed by atoms with van der Waals surface area (Å²) in [5, 5.41) is 3.29. The van der Waals surface area contributed by atoms with Crippen molar-refractivity contribution in [3.05, 3.63) is 72.9 Å². The van der Waals surface area contributed by atoms with Gasteiger partial charge in [-0.3, -0.25) is 4.79 Å². The smallest absolute Gasteiger partial charge is 0.220 e. The van der Waals surface area contributed by atoms with E-state index in [2.05, 4.69) is 106 Å². The fraction of sp³-hybridized carbons (Fsp3) is 0.606. The average molecular weight is 546 g/mol. The largest absolute Gasteiger partial charge is 0.353 e. The van der Waals surface area contributed by atoms with Crippen LogP contribution in [0.25, 0.3) is 0 Å². The number of carbonyl (C=O) groups is 1. The molecule has 0 fully saturated rings. The molecule has 37 heavy (non-hydrogen) atoms. The van der Waals surface area contributed by atoms with Gasteiger partial charge in [-0.05, 0) is 76.5 Å². The summed E-state index contributed by atoms with van der Waals surface area (Å²) in [6.07, 6.45) is 38.9. The quantitative estimate of drug-likeness (QED) is 0.0743. The van der Waals surface area contributed by atoms with Gasteiger partial charge in [-0.2, -0.15) is 0 Å². The van der Waals surface area contributed by atoms with Gasteiger partial charge in [0.1, 0.15) is 0 Å². The number of carbonyl (C=O) groups excluding carboxylic acids is 1. The van der Waals surface area contributed by atoms with Gasteiger partial charge in [-0.1, -0.05) is 122 Å². The van der Waals surface area contributed by atoms with Crippen molar-refractivity contribution in [3.63, 3.8) is 0 Å². The molecule has 0 radical (unpaired) electrons. The Kier molecular flexibility index (Phi) is 28.1. The van der Waals surface area contributed by atoms with E-state index < -0.39 is 0 Å². The van der Waals surface area contributed by atoms with Crippen molar-refractivity contribution in [2.24, 2.45) is 5.92 Å². The summed E-state index contributed by atoms with van der Waals surface area (Å²) in [5.41, 5.74) is 0. The van der Waals surface area contributed by atoms with Gasteiger partial charge < -0.3 is 5.32 Å². The van der Waals surface area contributed by atoms with Crippen LogP contribution < -0.4 is 5.32 Å². The number of rotatable bonds is 24. The van der Waals surface area contributed by atoms with Gasteiger partial charge in [-0.25, -0.2) is 0 Å². The molecule has 4 heteroatoms. The third kappa shape index (κ3) is 29.0. The number of hydrogen-bond donors (Lipinski definition) is 1. The molecular weight excluding hydrogens is 491 g/mol. The van der Waals surface area contributed by atoms with E-state index in [1.165, 1.54) is 6.42 Å². The van der Waals surface area contributed by atoms with E-state index in [0.29, 0.717) is 12.3 Å². The first-order chi connectivity index (χ1) is 18.1.